The van der Waals surface area contributed by atoms with Crippen LogP contribution < -0.4 is 14.8 Å². The third-order valence-electron chi connectivity index (χ3n) is 2.73. The molecule has 2 rings (SSSR count). The van der Waals surface area contributed by atoms with Crippen molar-refractivity contribution in [2.24, 2.45) is 0 Å². The normalized spacial score (nSPS) is 10.2. The van der Waals surface area contributed by atoms with E-state index in [1.807, 2.05) is 12.1 Å². The number of methoxy groups -OCH3 is 2. The molecule has 0 unspecified atom stereocenters. The molecular weight excluding hydrogens is 298 g/mol. The lowest BCUT2D eigenvalue weighted by molar-refractivity contribution is 0.0955. The number of ether oxygens (including phenoxy) is 2. The van der Waals surface area contributed by atoms with Crippen molar-refractivity contribution in [3.8, 4) is 11.5 Å². The Kier molecular flexibility index (Phi) is 4.87. The summed E-state index contributed by atoms with van der Waals surface area (Å²) in [5.74, 6) is 1.23. The highest BCUT2D eigenvalue weighted by Gasteiger charge is 2.10. The first kappa shape index (κ1) is 14.7. The predicted octanol–water partition coefficient (Wildman–Crippen LogP) is 3.35. The summed E-state index contributed by atoms with van der Waals surface area (Å²) in [5, 5.41) is 2.83. The molecular formula is C14H14ClNO3S. The van der Waals surface area contributed by atoms with Crippen molar-refractivity contribution in [2.45, 2.75) is 6.54 Å². The molecule has 0 saturated heterocycles. The summed E-state index contributed by atoms with van der Waals surface area (Å²) >= 11 is 7.06. The van der Waals surface area contributed by atoms with Crippen LogP contribution in [0.5, 0.6) is 11.5 Å². The number of thiophene rings is 1. The van der Waals surface area contributed by atoms with E-state index in [2.05, 4.69) is 5.32 Å². The van der Waals surface area contributed by atoms with Gasteiger partial charge in [-0.2, -0.15) is 0 Å². The second-order valence-corrected chi connectivity index (χ2v) is 5.68. The fraction of sp³-hybridized carbons (Fsp3) is 0.214. The number of nitrogens with one attached hydrogen (secondary N) is 1. The molecule has 4 nitrogen and oxygen atoms in total. The molecule has 0 atom stereocenters. The van der Waals surface area contributed by atoms with Gasteiger partial charge in [0, 0.05) is 18.2 Å². The zero-order valence-electron chi connectivity index (χ0n) is 11.1. The molecule has 0 aliphatic rings. The van der Waals surface area contributed by atoms with Crippen LogP contribution in [0.15, 0.2) is 30.3 Å². The van der Waals surface area contributed by atoms with Gasteiger partial charge in [-0.15, -0.1) is 11.3 Å². The summed E-state index contributed by atoms with van der Waals surface area (Å²) in [6.07, 6.45) is 0. The summed E-state index contributed by atoms with van der Waals surface area (Å²) in [6.45, 7) is 0.377. The molecule has 106 valence electrons. The van der Waals surface area contributed by atoms with E-state index in [0.717, 1.165) is 5.56 Å². The van der Waals surface area contributed by atoms with Crippen molar-refractivity contribution in [2.75, 3.05) is 14.2 Å². The Morgan fingerprint density at radius 2 is 2.05 bits per heavy atom. The standard InChI is InChI=1S/C14H14ClNO3S/c1-18-10-4-3-9(11(7-10)19-2)8-16-14(17)12-5-6-13(15)20-12/h3-7H,8H2,1-2H3,(H,16,17). The summed E-state index contributed by atoms with van der Waals surface area (Å²) in [4.78, 5) is 12.5. The third-order valence-corrected chi connectivity index (χ3v) is 3.96. The maximum Gasteiger partial charge on any atom is 0.261 e. The molecule has 0 saturated carbocycles. The summed E-state index contributed by atoms with van der Waals surface area (Å²) in [5.41, 5.74) is 0.879. The number of carbonyl (C=O) groups excluding carboxylic acids is 1. The number of halogens is 1. The molecule has 6 heteroatoms. The van der Waals surface area contributed by atoms with Gasteiger partial charge >= 0.3 is 0 Å². The quantitative estimate of drug-likeness (QED) is 0.921. The number of rotatable bonds is 5. The van der Waals surface area contributed by atoms with Crippen molar-refractivity contribution in [3.05, 3.63) is 45.1 Å². The van der Waals surface area contributed by atoms with E-state index < -0.39 is 0 Å². The van der Waals surface area contributed by atoms with Crippen molar-refractivity contribution >= 4 is 28.8 Å². The molecule has 1 heterocycles. The number of hydrogen-bond acceptors (Lipinski definition) is 4. The Bertz CT molecular complexity index is 612. The van der Waals surface area contributed by atoms with Crippen LogP contribution in [-0.4, -0.2) is 20.1 Å². The van der Waals surface area contributed by atoms with E-state index in [-0.39, 0.29) is 5.91 Å². The van der Waals surface area contributed by atoms with Crippen molar-refractivity contribution in [1.82, 2.24) is 5.32 Å². The second kappa shape index (κ2) is 6.63. The lowest BCUT2D eigenvalue weighted by Gasteiger charge is -2.11. The molecule has 0 bridgehead atoms. The molecule has 20 heavy (non-hydrogen) atoms. The van der Waals surface area contributed by atoms with Gasteiger partial charge in [0.25, 0.3) is 5.91 Å². The maximum atomic E-state index is 11.9. The van der Waals surface area contributed by atoms with Gasteiger partial charge in [0.1, 0.15) is 11.5 Å². The minimum Gasteiger partial charge on any atom is -0.497 e. The molecule has 0 aliphatic heterocycles. The van der Waals surface area contributed by atoms with Crippen molar-refractivity contribution in [3.63, 3.8) is 0 Å². The van der Waals surface area contributed by atoms with Crippen molar-refractivity contribution < 1.29 is 14.3 Å². The zero-order valence-corrected chi connectivity index (χ0v) is 12.7. The number of hydrogen-bond donors (Lipinski definition) is 1. The Hall–Kier alpha value is -1.72. The van der Waals surface area contributed by atoms with E-state index in [9.17, 15) is 4.79 Å². The van der Waals surface area contributed by atoms with Gasteiger partial charge in [-0.1, -0.05) is 11.6 Å². The van der Waals surface area contributed by atoms with Crippen LogP contribution >= 0.6 is 22.9 Å². The minimum atomic E-state index is -0.153. The van der Waals surface area contributed by atoms with E-state index in [1.165, 1.54) is 11.3 Å². The maximum absolute atomic E-state index is 11.9. The molecule has 0 radical (unpaired) electrons. The van der Waals surface area contributed by atoms with Crippen LogP contribution in [0.3, 0.4) is 0 Å². The molecule has 0 aliphatic carbocycles. The Morgan fingerprint density at radius 3 is 2.65 bits per heavy atom. The topological polar surface area (TPSA) is 47.6 Å². The molecule has 1 amide bonds. The molecule has 2 aromatic rings. The second-order valence-electron chi connectivity index (χ2n) is 3.96. The van der Waals surface area contributed by atoms with E-state index in [0.29, 0.717) is 27.3 Å². The Balaban J connectivity index is 2.05. The van der Waals surface area contributed by atoms with E-state index >= 15 is 0 Å². The van der Waals surface area contributed by atoms with Gasteiger partial charge in [0.15, 0.2) is 0 Å². The van der Waals surface area contributed by atoms with Crippen LogP contribution in [0, 0.1) is 0 Å². The van der Waals surface area contributed by atoms with Crippen LogP contribution in [0.2, 0.25) is 4.34 Å². The summed E-state index contributed by atoms with van der Waals surface area (Å²) < 4.78 is 11.0. The smallest absolute Gasteiger partial charge is 0.261 e. The highest BCUT2D eigenvalue weighted by atomic mass is 35.5. The van der Waals surface area contributed by atoms with E-state index in [1.54, 1.807) is 32.4 Å². The van der Waals surface area contributed by atoms with Crippen LogP contribution in [-0.2, 0) is 6.54 Å². The van der Waals surface area contributed by atoms with Gasteiger partial charge in [0.2, 0.25) is 0 Å². The third kappa shape index (κ3) is 3.43. The first-order chi connectivity index (χ1) is 9.63. The highest BCUT2D eigenvalue weighted by molar-refractivity contribution is 7.17. The molecule has 0 fully saturated rings. The monoisotopic (exact) mass is 311 g/mol. The van der Waals surface area contributed by atoms with Gasteiger partial charge in [-0.25, -0.2) is 0 Å². The number of carbonyl (C=O) groups is 1. The fourth-order valence-corrected chi connectivity index (χ4v) is 2.66. The zero-order chi connectivity index (χ0) is 14.5. The SMILES string of the molecule is COc1ccc(CNC(=O)c2ccc(Cl)s2)c(OC)c1. The molecule has 1 aromatic heterocycles. The van der Waals surface area contributed by atoms with E-state index in [4.69, 9.17) is 21.1 Å². The first-order valence-corrected chi connectivity index (χ1v) is 7.08. The molecule has 1 aromatic carbocycles. The largest absolute Gasteiger partial charge is 0.497 e. The molecule has 0 spiro atoms. The van der Waals surface area contributed by atoms with Gasteiger partial charge in [-0.3, -0.25) is 4.79 Å². The van der Waals surface area contributed by atoms with Gasteiger partial charge in [-0.05, 0) is 24.3 Å². The number of amides is 1. The average molecular weight is 312 g/mol. The molecule has 1 N–H and O–H groups in total. The Labute approximate surface area is 126 Å². The van der Waals surface area contributed by atoms with Crippen molar-refractivity contribution in [1.29, 1.82) is 0 Å². The van der Waals surface area contributed by atoms with Gasteiger partial charge < -0.3 is 14.8 Å². The first-order valence-electron chi connectivity index (χ1n) is 5.88. The lowest BCUT2D eigenvalue weighted by Crippen LogP contribution is -2.22. The Morgan fingerprint density at radius 1 is 1.25 bits per heavy atom. The average Bonchev–Trinajstić information content (AvgIpc) is 2.91. The predicted molar refractivity (Wildman–Crippen MR) is 80.0 cm³/mol. The van der Waals surface area contributed by atoms with Crippen LogP contribution in [0.4, 0.5) is 0 Å². The van der Waals surface area contributed by atoms with Crippen LogP contribution in [0.1, 0.15) is 15.2 Å². The van der Waals surface area contributed by atoms with Gasteiger partial charge in [0.05, 0.1) is 23.4 Å². The minimum absolute atomic E-state index is 0.153. The number of benzene rings is 1. The summed E-state index contributed by atoms with van der Waals surface area (Å²) in [6, 6.07) is 8.87. The van der Waals surface area contributed by atoms with Crippen LogP contribution in [0.25, 0.3) is 0 Å². The summed E-state index contributed by atoms with van der Waals surface area (Å²) in [7, 11) is 3.18. The lowest BCUT2D eigenvalue weighted by atomic mass is 10.2. The highest BCUT2D eigenvalue weighted by Crippen LogP contribution is 2.25. The fourth-order valence-electron chi connectivity index (χ4n) is 1.70.